The highest BCUT2D eigenvalue weighted by Crippen LogP contribution is 2.27. The molecular formula is C26H21BrIN3O4. The highest BCUT2D eigenvalue weighted by atomic mass is 127. The van der Waals surface area contributed by atoms with Gasteiger partial charge in [0.2, 0.25) is 5.91 Å². The first-order valence-corrected chi connectivity index (χ1v) is 12.5. The second-order valence-corrected chi connectivity index (χ2v) is 10.1. The summed E-state index contributed by atoms with van der Waals surface area (Å²) in [4.78, 5) is 38.7. The maximum absolute atomic E-state index is 12.9. The molecule has 1 saturated heterocycles. The van der Waals surface area contributed by atoms with Gasteiger partial charge in [-0.3, -0.25) is 9.59 Å². The van der Waals surface area contributed by atoms with Crippen molar-refractivity contribution in [2.75, 3.05) is 11.9 Å². The highest BCUT2D eigenvalue weighted by molar-refractivity contribution is 14.1. The van der Waals surface area contributed by atoms with Crippen LogP contribution in [0.4, 0.5) is 10.5 Å². The van der Waals surface area contributed by atoms with Crippen LogP contribution in [-0.2, 0) is 16.2 Å². The van der Waals surface area contributed by atoms with Crippen molar-refractivity contribution in [2.45, 2.75) is 13.5 Å². The minimum Gasteiger partial charge on any atom is -0.488 e. The minimum absolute atomic E-state index is 0.0653. The SMILES string of the molecule is Cc1cccc(NC(=O)CN2C(=O)N/C(=C/c3cc(Br)ccc3OCc3ccc(I)cc3)C2=O)c1. The van der Waals surface area contributed by atoms with E-state index < -0.39 is 24.4 Å². The molecule has 0 unspecified atom stereocenters. The molecule has 35 heavy (non-hydrogen) atoms. The number of hydrogen-bond acceptors (Lipinski definition) is 4. The Kier molecular flexibility index (Phi) is 7.86. The van der Waals surface area contributed by atoms with Crippen molar-refractivity contribution in [3.05, 3.63) is 97.2 Å². The first kappa shape index (κ1) is 24.9. The number of ether oxygens (including phenoxy) is 1. The van der Waals surface area contributed by atoms with Gasteiger partial charge < -0.3 is 15.4 Å². The highest BCUT2D eigenvalue weighted by Gasteiger charge is 2.35. The van der Waals surface area contributed by atoms with Crippen LogP contribution in [-0.4, -0.2) is 29.3 Å². The Bertz CT molecular complexity index is 1320. The van der Waals surface area contributed by atoms with Gasteiger partial charge in [-0.25, -0.2) is 9.69 Å². The van der Waals surface area contributed by atoms with Crippen molar-refractivity contribution in [3.8, 4) is 5.75 Å². The lowest BCUT2D eigenvalue weighted by Gasteiger charge is -2.12. The number of nitrogens with zero attached hydrogens (tertiary/aromatic N) is 1. The number of rotatable bonds is 7. The first-order chi connectivity index (χ1) is 16.8. The molecular weight excluding hydrogens is 625 g/mol. The summed E-state index contributed by atoms with van der Waals surface area (Å²) in [6, 6.07) is 20.0. The largest absolute Gasteiger partial charge is 0.488 e. The normalized spacial score (nSPS) is 14.3. The molecule has 1 fully saturated rings. The third kappa shape index (κ3) is 6.49. The molecule has 2 N–H and O–H groups in total. The molecule has 1 heterocycles. The number of aryl methyl sites for hydroxylation is 1. The summed E-state index contributed by atoms with van der Waals surface area (Å²) in [6.45, 7) is 1.86. The Balaban J connectivity index is 1.48. The number of benzene rings is 3. The number of anilines is 1. The van der Waals surface area contributed by atoms with Gasteiger partial charge in [-0.05, 0) is 89.2 Å². The standard InChI is InChI=1S/C26H21BrIN3O4/c1-16-3-2-4-21(11-16)29-24(32)14-31-25(33)22(30-26(31)34)13-18-12-19(27)7-10-23(18)35-15-17-5-8-20(28)9-6-17/h2-13H,14-15H2,1H3,(H,29,32)(H,30,34)/b22-13+. The van der Waals surface area contributed by atoms with Gasteiger partial charge in [-0.2, -0.15) is 0 Å². The minimum atomic E-state index is -0.656. The molecule has 4 amide bonds. The monoisotopic (exact) mass is 645 g/mol. The topological polar surface area (TPSA) is 87.7 Å². The smallest absolute Gasteiger partial charge is 0.329 e. The van der Waals surface area contributed by atoms with Gasteiger partial charge in [0, 0.05) is 19.3 Å². The van der Waals surface area contributed by atoms with Gasteiger partial charge in [0.1, 0.15) is 24.6 Å². The van der Waals surface area contributed by atoms with E-state index in [2.05, 4.69) is 49.2 Å². The second kappa shape index (κ2) is 11.0. The van der Waals surface area contributed by atoms with E-state index in [1.54, 1.807) is 30.3 Å². The summed E-state index contributed by atoms with van der Waals surface area (Å²) in [7, 11) is 0. The molecule has 0 saturated carbocycles. The number of urea groups is 1. The van der Waals surface area contributed by atoms with E-state index in [0.717, 1.165) is 24.1 Å². The fraction of sp³-hybridized carbons (Fsp3) is 0.115. The van der Waals surface area contributed by atoms with E-state index in [9.17, 15) is 14.4 Å². The van der Waals surface area contributed by atoms with Gasteiger partial charge in [0.25, 0.3) is 5.91 Å². The summed E-state index contributed by atoms with van der Waals surface area (Å²) in [5.41, 5.74) is 3.26. The first-order valence-electron chi connectivity index (χ1n) is 10.7. The lowest BCUT2D eigenvalue weighted by Crippen LogP contribution is -2.38. The van der Waals surface area contributed by atoms with Crippen LogP contribution in [0.5, 0.6) is 5.75 Å². The predicted octanol–water partition coefficient (Wildman–Crippen LogP) is 5.47. The van der Waals surface area contributed by atoms with Crippen LogP contribution in [0.25, 0.3) is 6.08 Å². The van der Waals surface area contributed by atoms with Crippen LogP contribution in [0.2, 0.25) is 0 Å². The van der Waals surface area contributed by atoms with Crippen molar-refractivity contribution in [3.63, 3.8) is 0 Å². The number of carbonyl (C=O) groups is 3. The van der Waals surface area contributed by atoms with Crippen LogP contribution >= 0.6 is 38.5 Å². The van der Waals surface area contributed by atoms with Crippen molar-refractivity contribution in [1.82, 2.24) is 10.2 Å². The molecule has 3 aromatic rings. The van der Waals surface area contributed by atoms with Crippen LogP contribution in [0.3, 0.4) is 0 Å². The Hall–Kier alpha value is -3.18. The van der Waals surface area contributed by atoms with Crippen LogP contribution in [0.1, 0.15) is 16.7 Å². The zero-order valence-corrected chi connectivity index (χ0v) is 22.4. The molecule has 0 aliphatic carbocycles. The van der Waals surface area contributed by atoms with Crippen LogP contribution in [0, 0.1) is 10.5 Å². The predicted molar refractivity (Wildman–Crippen MR) is 146 cm³/mol. The zero-order chi connectivity index (χ0) is 24.9. The van der Waals surface area contributed by atoms with Crippen molar-refractivity contribution >= 4 is 68.1 Å². The Morgan fingerprint density at radius 3 is 2.63 bits per heavy atom. The molecule has 0 atom stereocenters. The summed E-state index contributed by atoms with van der Waals surface area (Å²) in [5.74, 6) is -0.501. The summed E-state index contributed by atoms with van der Waals surface area (Å²) in [6.07, 6.45) is 1.55. The molecule has 178 valence electrons. The maximum atomic E-state index is 12.9. The Morgan fingerprint density at radius 1 is 1.11 bits per heavy atom. The number of imide groups is 1. The van der Waals surface area contributed by atoms with E-state index >= 15 is 0 Å². The van der Waals surface area contributed by atoms with Gasteiger partial charge in [0.05, 0.1) is 0 Å². The number of halogens is 2. The lowest BCUT2D eigenvalue weighted by atomic mass is 10.1. The maximum Gasteiger partial charge on any atom is 0.329 e. The molecule has 1 aliphatic heterocycles. The quantitative estimate of drug-likeness (QED) is 0.203. The third-order valence-corrected chi connectivity index (χ3v) is 6.36. The summed E-state index contributed by atoms with van der Waals surface area (Å²) in [5, 5.41) is 5.26. The van der Waals surface area contributed by atoms with Gasteiger partial charge >= 0.3 is 6.03 Å². The van der Waals surface area contributed by atoms with Crippen molar-refractivity contribution in [2.24, 2.45) is 0 Å². The van der Waals surface area contributed by atoms with Crippen molar-refractivity contribution in [1.29, 1.82) is 0 Å². The number of hydrogen-bond donors (Lipinski definition) is 2. The van der Waals surface area contributed by atoms with E-state index in [0.29, 0.717) is 23.6 Å². The molecule has 9 heteroatoms. The third-order valence-electron chi connectivity index (χ3n) is 5.15. The lowest BCUT2D eigenvalue weighted by molar-refractivity contribution is -0.127. The van der Waals surface area contributed by atoms with Crippen LogP contribution < -0.4 is 15.4 Å². The average molecular weight is 646 g/mol. The molecule has 0 spiro atoms. The van der Waals surface area contributed by atoms with Gasteiger partial charge in [0.15, 0.2) is 0 Å². The Labute approximate surface area is 224 Å². The average Bonchev–Trinajstić information content (AvgIpc) is 3.07. The molecule has 0 radical (unpaired) electrons. The second-order valence-electron chi connectivity index (χ2n) is 7.89. The molecule has 4 rings (SSSR count). The summed E-state index contributed by atoms with van der Waals surface area (Å²) >= 11 is 5.68. The van der Waals surface area contributed by atoms with Gasteiger partial charge in [-0.15, -0.1) is 0 Å². The fourth-order valence-corrected chi connectivity index (χ4v) is 4.18. The molecule has 0 aromatic heterocycles. The van der Waals surface area contributed by atoms with E-state index in [-0.39, 0.29) is 5.70 Å². The zero-order valence-electron chi connectivity index (χ0n) is 18.7. The van der Waals surface area contributed by atoms with E-state index in [4.69, 9.17) is 4.74 Å². The molecule has 3 aromatic carbocycles. The summed E-state index contributed by atoms with van der Waals surface area (Å²) < 4.78 is 7.91. The molecule has 7 nitrogen and oxygen atoms in total. The van der Waals surface area contributed by atoms with Crippen LogP contribution in [0.15, 0.2) is 76.9 Å². The van der Waals surface area contributed by atoms with E-state index in [1.807, 2.05) is 49.4 Å². The van der Waals surface area contributed by atoms with E-state index in [1.165, 1.54) is 0 Å². The van der Waals surface area contributed by atoms with Crippen molar-refractivity contribution < 1.29 is 19.1 Å². The molecule has 1 aliphatic rings. The Morgan fingerprint density at radius 2 is 1.89 bits per heavy atom. The fourth-order valence-electron chi connectivity index (χ4n) is 3.44. The number of carbonyl (C=O) groups excluding carboxylic acids is 3. The number of amides is 4. The molecule has 0 bridgehead atoms. The van der Waals surface area contributed by atoms with Gasteiger partial charge in [-0.1, -0.05) is 40.2 Å². The number of nitrogens with one attached hydrogen (secondary N) is 2.